The van der Waals surface area contributed by atoms with E-state index in [4.69, 9.17) is 0 Å². The molecule has 0 atom stereocenters. The van der Waals surface area contributed by atoms with Gasteiger partial charge in [0.25, 0.3) is 0 Å². The average Bonchev–Trinajstić information content (AvgIpc) is 3.24. The van der Waals surface area contributed by atoms with Crippen molar-refractivity contribution in [3.8, 4) is 0 Å². The second-order valence-corrected chi connectivity index (χ2v) is 6.69. The van der Waals surface area contributed by atoms with Crippen LogP contribution in [-0.2, 0) is 6.54 Å². The predicted molar refractivity (Wildman–Crippen MR) is 84.7 cm³/mol. The van der Waals surface area contributed by atoms with Crippen LogP contribution in [-0.4, -0.2) is 19.1 Å². The summed E-state index contributed by atoms with van der Waals surface area (Å²) in [5.41, 5.74) is 2.76. The highest BCUT2D eigenvalue weighted by molar-refractivity contribution is 9.10. The normalized spacial score (nSPS) is 20.4. The van der Waals surface area contributed by atoms with Crippen molar-refractivity contribution in [3.05, 3.63) is 28.2 Å². The van der Waals surface area contributed by atoms with Crippen LogP contribution >= 0.6 is 15.9 Å². The zero-order chi connectivity index (χ0) is 13.1. The Hall–Kier alpha value is -0.540. The molecule has 2 fully saturated rings. The van der Waals surface area contributed by atoms with Crippen molar-refractivity contribution in [2.45, 2.75) is 51.1 Å². The van der Waals surface area contributed by atoms with Crippen LogP contribution in [0.15, 0.2) is 22.7 Å². The summed E-state index contributed by atoms with van der Waals surface area (Å²) in [7, 11) is 0. The molecule has 3 rings (SSSR count). The number of anilines is 1. The smallest absolute Gasteiger partial charge is 0.0377 e. The summed E-state index contributed by atoms with van der Waals surface area (Å²) in [6, 6.07) is 7.65. The number of halogens is 1. The molecule has 2 aliphatic rings. The van der Waals surface area contributed by atoms with Gasteiger partial charge in [0, 0.05) is 35.8 Å². The molecular formula is C16H23BrN2. The van der Waals surface area contributed by atoms with E-state index in [-0.39, 0.29) is 0 Å². The number of benzene rings is 1. The summed E-state index contributed by atoms with van der Waals surface area (Å²) in [6.07, 6.45) is 8.15. The third-order valence-corrected chi connectivity index (χ3v) is 4.90. The fourth-order valence-electron chi connectivity index (χ4n) is 2.75. The lowest BCUT2D eigenvalue weighted by molar-refractivity contribution is 0.686. The summed E-state index contributed by atoms with van der Waals surface area (Å²) in [5.74, 6) is 0. The van der Waals surface area contributed by atoms with Gasteiger partial charge in [0.2, 0.25) is 0 Å². The average molecular weight is 323 g/mol. The molecule has 19 heavy (non-hydrogen) atoms. The van der Waals surface area contributed by atoms with Gasteiger partial charge in [0.1, 0.15) is 0 Å². The van der Waals surface area contributed by atoms with Gasteiger partial charge in [-0.15, -0.1) is 0 Å². The lowest BCUT2D eigenvalue weighted by Gasteiger charge is -2.23. The van der Waals surface area contributed by atoms with Gasteiger partial charge >= 0.3 is 0 Å². The van der Waals surface area contributed by atoms with Gasteiger partial charge in [-0.1, -0.05) is 34.8 Å². The van der Waals surface area contributed by atoms with Gasteiger partial charge in [-0.2, -0.15) is 0 Å². The van der Waals surface area contributed by atoms with E-state index < -0.39 is 0 Å². The fraction of sp³-hybridized carbons (Fsp3) is 0.625. The first-order valence-electron chi connectivity index (χ1n) is 7.60. The SMILES string of the molecule is Brc1cc(N2CCCCCC2)ccc1CNC1CC1. The number of hydrogen-bond acceptors (Lipinski definition) is 2. The second kappa shape index (κ2) is 6.27. The van der Waals surface area contributed by atoms with Crippen LogP contribution in [0.1, 0.15) is 44.1 Å². The Morgan fingerprint density at radius 2 is 1.84 bits per heavy atom. The predicted octanol–water partition coefficient (Wildman–Crippen LogP) is 4.08. The zero-order valence-electron chi connectivity index (χ0n) is 11.5. The third-order valence-electron chi connectivity index (χ3n) is 4.17. The van der Waals surface area contributed by atoms with Gasteiger partial charge in [-0.05, 0) is 43.4 Å². The summed E-state index contributed by atoms with van der Waals surface area (Å²) >= 11 is 3.74. The van der Waals surface area contributed by atoms with E-state index in [0.29, 0.717) is 0 Å². The molecule has 1 aromatic rings. The molecular weight excluding hydrogens is 300 g/mol. The monoisotopic (exact) mass is 322 g/mol. The molecule has 1 saturated heterocycles. The first-order valence-corrected chi connectivity index (χ1v) is 8.39. The minimum absolute atomic E-state index is 0.775. The van der Waals surface area contributed by atoms with Crippen LogP contribution in [0.25, 0.3) is 0 Å². The van der Waals surface area contributed by atoms with Gasteiger partial charge < -0.3 is 10.2 Å². The molecule has 2 nitrogen and oxygen atoms in total. The number of nitrogens with zero attached hydrogens (tertiary/aromatic N) is 1. The van der Waals surface area contributed by atoms with Crippen LogP contribution in [0.3, 0.4) is 0 Å². The first-order chi connectivity index (χ1) is 9.33. The number of hydrogen-bond donors (Lipinski definition) is 1. The Morgan fingerprint density at radius 1 is 1.11 bits per heavy atom. The molecule has 1 aliphatic heterocycles. The quantitative estimate of drug-likeness (QED) is 0.898. The molecule has 104 valence electrons. The number of nitrogens with one attached hydrogen (secondary N) is 1. The summed E-state index contributed by atoms with van der Waals surface area (Å²) in [6.45, 7) is 3.42. The van der Waals surface area contributed by atoms with Gasteiger partial charge in [-0.25, -0.2) is 0 Å². The third kappa shape index (κ3) is 3.73. The highest BCUT2D eigenvalue weighted by Gasteiger charge is 2.20. The second-order valence-electron chi connectivity index (χ2n) is 5.83. The van der Waals surface area contributed by atoms with Crippen molar-refractivity contribution in [1.29, 1.82) is 0 Å². The summed E-state index contributed by atoms with van der Waals surface area (Å²) in [5, 5.41) is 3.58. The van der Waals surface area contributed by atoms with Gasteiger partial charge in [0.15, 0.2) is 0 Å². The topological polar surface area (TPSA) is 15.3 Å². The zero-order valence-corrected chi connectivity index (χ0v) is 13.1. The van der Waals surface area contributed by atoms with Crippen molar-refractivity contribution >= 4 is 21.6 Å². The largest absolute Gasteiger partial charge is 0.372 e. The minimum atomic E-state index is 0.775. The summed E-state index contributed by atoms with van der Waals surface area (Å²) < 4.78 is 1.25. The maximum absolute atomic E-state index is 3.74. The number of rotatable bonds is 4. The van der Waals surface area contributed by atoms with Crippen molar-refractivity contribution in [3.63, 3.8) is 0 Å². The maximum atomic E-state index is 3.74. The maximum Gasteiger partial charge on any atom is 0.0377 e. The molecule has 1 saturated carbocycles. The fourth-order valence-corrected chi connectivity index (χ4v) is 3.25. The van der Waals surface area contributed by atoms with Crippen molar-refractivity contribution in [2.24, 2.45) is 0 Å². The van der Waals surface area contributed by atoms with E-state index >= 15 is 0 Å². The molecule has 0 aromatic heterocycles. The summed E-state index contributed by atoms with van der Waals surface area (Å²) in [4.78, 5) is 2.54. The van der Waals surface area contributed by atoms with E-state index in [2.05, 4.69) is 44.3 Å². The standard InChI is InChI=1S/C16H23BrN2/c17-16-11-15(19-9-3-1-2-4-10-19)8-5-13(16)12-18-14-6-7-14/h5,8,11,14,18H,1-4,6-7,9-10,12H2. The van der Waals surface area contributed by atoms with Crippen molar-refractivity contribution < 1.29 is 0 Å². The molecule has 0 spiro atoms. The van der Waals surface area contributed by atoms with E-state index in [1.165, 1.54) is 67.3 Å². The Kier molecular flexibility index (Phi) is 4.44. The molecule has 0 radical (unpaired) electrons. The van der Waals surface area contributed by atoms with Crippen LogP contribution in [0, 0.1) is 0 Å². The first kappa shape index (κ1) is 13.4. The molecule has 3 heteroatoms. The van der Waals surface area contributed by atoms with E-state index in [1.54, 1.807) is 0 Å². The minimum Gasteiger partial charge on any atom is -0.372 e. The van der Waals surface area contributed by atoms with E-state index in [0.717, 1.165) is 12.6 Å². The van der Waals surface area contributed by atoms with Crippen LogP contribution in [0.2, 0.25) is 0 Å². The molecule has 1 aromatic carbocycles. The van der Waals surface area contributed by atoms with Crippen molar-refractivity contribution in [2.75, 3.05) is 18.0 Å². The van der Waals surface area contributed by atoms with E-state index in [1.807, 2.05) is 0 Å². The molecule has 1 aliphatic carbocycles. The van der Waals surface area contributed by atoms with E-state index in [9.17, 15) is 0 Å². The van der Waals surface area contributed by atoms with Crippen LogP contribution in [0.4, 0.5) is 5.69 Å². The molecule has 0 amide bonds. The highest BCUT2D eigenvalue weighted by Crippen LogP contribution is 2.27. The van der Waals surface area contributed by atoms with Crippen molar-refractivity contribution in [1.82, 2.24) is 5.32 Å². The Bertz CT molecular complexity index is 421. The lowest BCUT2D eigenvalue weighted by Crippen LogP contribution is -2.24. The lowest BCUT2D eigenvalue weighted by atomic mass is 10.2. The van der Waals surface area contributed by atoms with Gasteiger partial charge in [-0.3, -0.25) is 0 Å². The molecule has 0 bridgehead atoms. The van der Waals surface area contributed by atoms with Gasteiger partial charge in [0.05, 0.1) is 0 Å². The Labute approximate surface area is 124 Å². The van der Waals surface area contributed by atoms with Crippen LogP contribution in [0.5, 0.6) is 0 Å². The molecule has 1 N–H and O–H groups in total. The molecule has 1 heterocycles. The highest BCUT2D eigenvalue weighted by atomic mass is 79.9. The molecule has 0 unspecified atom stereocenters. The Balaban J connectivity index is 1.66. The Morgan fingerprint density at radius 3 is 2.47 bits per heavy atom. The van der Waals surface area contributed by atoms with Crippen LogP contribution < -0.4 is 10.2 Å².